The molecule has 4 rings (SSSR count). The van der Waals surface area contributed by atoms with Crippen LogP contribution in [-0.4, -0.2) is 16.6 Å². The van der Waals surface area contributed by atoms with Gasteiger partial charge in [-0.25, -0.2) is 4.98 Å². The summed E-state index contributed by atoms with van der Waals surface area (Å²) in [4.78, 5) is 29.8. The van der Waals surface area contributed by atoms with E-state index in [4.69, 9.17) is 5.73 Å². The monoisotopic (exact) mass is 315 g/mol. The van der Waals surface area contributed by atoms with Crippen LogP contribution in [0.25, 0.3) is 0 Å². The molecule has 0 amide bonds. The summed E-state index contributed by atoms with van der Waals surface area (Å²) in [6.45, 7) is 0. The first-order valence-electron chi connectivity index (χ1n) is 7.45. The number of benzene rings is 2. The molecule has 1 heterocycles. The van der Waals surface area contributed by atoms with Gasteiger partial charge in [0.1, 0.15) is 5.82 Å². The van der Waals surface area contributed by atoms with Gasteiger partial charge in [0, 0.05) is 16.7 Å². The Balaban J connectivity index is 1.83. The van der Waals surface area contributed by atoms with Gasteiger partial charge in [-0.2, -0.15) is 0 Å². The number of aromatic nitrogens is 1. The number of hydrogen-bond acceptors (Lipinski definition) is 5. The van der Waals surface area contributed by atoms with Gasteiger partial charge < -0.3 is 11.1 Å². The van der Waals surface area contributed by atoms with Crippen LogP contribution in [0.1, 0.15) is 31.8 Å². The van der Waals surface area contributed by atoms with Crippen LogP contribution in [0, 0.1) is 0 Å². The van der Waals surface area contributed by atoms with Crippen molar-refractivity contribution in [3.63, 3.8) is 0 Å². The third-order valence-corrected chi connectivity index (χ3v) is 4.00. The van der Waals surface area contributed by atoms with E-state index in [9.17, 15) is 9.59 Å². The summed E-state index contributed by atoms with van der Waals surface area (Å²) < 4.78 is 0. The number of fused-ring (bicyclic) bond motifs is 2. The minimum absolute atomic E-state index is 0.144. The first kappa shape index (κ1) is 14.1. The van der Waals surface area contributed by atoms with Crippen molar-refractivity contribution >= 4 is 28.8 Å². The summed E-state index contributed by atoms with van der Waals surface area (Å²) in [6, 6.07) is 15.5. The van der Waals surface area contributed by atoms with Crippen LogP contribution < -0.4 is 11.1 Å². The molecular formula is C19H13N3O2. The number of nitrogen functional groups attached to an aromatic ring is 1. The lowest BCUT2D eigenvalue weighted by molar-refractivity contribution is 0.0979. The standard InChI is InChI=1S/C19H13N3O2/c20-11-8-9-16(21-10-11)22-15-7-3-6-14-17(15)19(24)13-5-2-1-4-12(13)18(14)23/h1-10H,20H2,(H,21,22). The molecule has 2 aromatic carbocycles. The van der Waals surface area contributed by atoms with E-state index in [1.54, 1.807) is 54.6 Å². The Kier molecular flexibility index (Phi) is 3.13. The van der Waals surface area contributed by atoms with Crippen molar-refractivity contribution < 1.29 is 9.59 Å². The smallest absolute Gasteiger partial charge is 0.196 e. The average molecular weight is 315 g/mol. The summed E-state index contributed by atoms with van der Waals surface area (Å²) in [7, 11) is 0. The van der Waals surface area contributed by atoms with E-state index in [0.717, 1.165) is 0 Å². The number of anilines is 3. The maximum absolute atomic E-state index is 12.9. The molecule has 0 aliphatic heterocycles. The van der Waals surface area contributed by atoms with Crippen LogP contribution in [0.3, 0.4) is 0 Å². The number of nitrogens with one attached hydrogen (secondary N) is 1. The average Bonchev–Trinajstić information content (AvgIpc) is 2.61. The Bertz CT molecular complexity index is 978. The number of nitrogens with zero attached hydrogens (tertiary/aromatic N) is 1. The largest absolute Gasteiger partial charge is 0.397 e. The summed E-state index contributed by atoms with van der Waals surface area (Å²) in [5.74, 6) is 0.240. The van der Waals surface area contributed by atoms with E-state index < -0.39 is 0 Å². The first-order valence-corrected chi connectivity index (χ1v) is 7.45. The second kappa shape index (κ2) is 5.31. The normalized spacial score (nSPS) is 12.5. The van der Waals surface area contributed by atoms with Crippen molar-refractivity contribution in [1.29, 1.82) is 0 Å². The molecule has 0 saturated carbocycles. The van der Waals surface area contributed by atoms with Crippen molar-refractivity contribution in [3.05, 3.63) is 83.0 Å². The van der Waals surface area contributed by atoms with E-state index in [1.807, 2.05) is 0 Å². The van der Waals surface area contributed by atoms with Gasteiger partial charge >= 0.3 is 0 Å². The van der Waals surface area contributed by atoms with E-state index in [-0.39, 0.29) is 11.6 Å². The highest BCUT2D eigenvalue weighted by molar-refractivity contribution is 6.30. The van der Waals surface area contributed by atoms with E-state index >= 15 is 0 Å². The van der Waals surface area contributed by atoms with Crippen LogP contribution >= 0.6 is 0 Å². The van der Waals surface area contributed by atoms with Crippen LogP contribution in [0.2, 0.25) is 0 Å². The lowest BCUT2D eigenvalue weighted by atomic mass is 9.83. The Morgan fingerprint density at radius 3 is 2.21 bits per heavy atom. The summed E-state index contributed by atoms with van der Waals surface area (Å²) in [6.07, 6.45) is 1.53. The Labute approximate surface area is 138 Å². The third-order valence-electron chi connectivity index (χ3n) is 4.00. The quantitative estimate of drug-likeness (QED) is 0.593. The number of rotatable bonds is 2. The lowest BCUT2D eigenvalue weighted by Gasteiger charge is -2.20. The highest BCUT2D eigenvalue weighted by atomic mass is 16.1. The molecule has 1 aromatic heterocycles. The minimum Gasteiger partial charge on any atom is -0.397 e. The van der Waals surface area contributed by atoms with Gasteiger partial charge in [0.25, 0.3) is 0 Å². The molecule has 1 aliphatic rings. The highest BCUT2D eigenvalue weighted by Crippen LogP contribution is 2.33. The second-order valence-corrected chi connectivity index (χ2v) is 5.53. The molecule has 3 N–H and O–H groups in total. The van der Waals surface area contributed by atoms with Crippen molar-refractivity contribution in [2.24, 2.45) is 0 Å². The van der Waals surface area contributed by atoms with Gasteiger partial charge in [-0.05, 0) is 18.2 Å². The SMILES string of the molecule is Nc1ccc(Nc2cccc3c2C(=O)c2ccccc2C3=O)nc1. The minimum atomic E-state index is -0.168. The molecule has 0 saturated heterocycles. The number of ketones is 2. The second-order valence-electron chi connectivity index (χ2n) is 5.53. The lowest BCUT2D eigenvalue weighted by Crippen LogP contribution is -2.22. The molecule has 0 bridgehead atoms. The number of hydrogen-bond donors (Lipinski definition) is 2. The maximum atomic E-state index is 12.9. The maximum Gasteiger partial charge on any atom is 0.196 e. The number of carbonyl (C=O) groups is 2. The molecule has 5 nitrogen and oxygen atoms in total. The molecule has 0 fully saturated rings. The fraction of sp³-hybridized carbons (Fsp3) is 0. The van der Waals surface area contributed by atoms with E-state index in [2.05, 4.69) is 10.3 Å². The van der Waals surface area contributed by atoms with Crippen LogP contribution in [0.5, 0.6) is 0 Å². The molecular weight excluding hydrogens is 302 g/mol. The molecule has 0 spiro atoms. The summed E-state index contributed by atoms with van der Waals surface area (Å²) in [5.41, 5.74) is 8.38. The first-order chi connectivity index (χ1) is 11.6. The van der Waals surface area contributed by atoms with Crippen LogP contribution in [0.4, 0.5) is 17.2 Å². The zero-order valence-corrected chi connectivity index (χ0v) is 12.6. The molecule has 24 heavy (non-hydrogen) atoms. The summed E-state index contributed by atoms with van der Waals surface area (Å²) >= 11 is 0. The van der Waals surface area contributed by atoms with Gasteiger partial charge in [0.2, 0.25) is 0 Å². The van der Waals surface area contributed by atoms with Crippen molar-refractivity contribution in [2.45, 2.75) is 0 Å². The highest BCUT2D eigenvalue weighted by Gasteiger charge is 2.31. The van der Waals surface area contributed by atoms with Crippen molar-refractivity contribution in [3.8, 4) is 0 Å². The van der Waals surface area contributed by atoms with Crippen LogP contribution in [-0.2, 0) is 0 Å². The van der Waals surface area contributed by atoms with Crippen LogP contribution in [0.15, 0.2) is 60.8 Å². The van der Waals surface area contributed by atoms with Gasteiger partial charge in [0.05, 0.1) is 23.1 Å². The number of pyridine rings is 1. The Hall–Kier alpha value is -3.47. The molecule has 0 unspecified atom stereocenters. The topological polar surface area (TPSA) is 85.1 Å². The van der Waals surface area contributed by atoms with Crippen molar-refractivity contribution in [2.75, 3.05) is 11.1 Å². The molecule has 5 heteroatoms. The molecule has 0 radical (unpaired) electrons. The molecule has 0 atom stereocenters. The molecule has 1 aliphatic carbocycles. The predicted octanol–water partition coefficient (Wildman–Crippen LogP) is 3.18. The Morgan fingerprint density at radius 2 is 1.50 bits per heavy atom. The fourth-order valence-corrected chi connectivity index (χ4v) is 2.87. The third kappa shape index (κ3) is 2.14. The van der Waals surface area contributed by atoms with E-state index in [0.29, 0.717) is 39.4 Å². The fourth-order valence-electron chi connectivity index (χ4n) is 2.87. The number of nitrogens with two attached hydrogens (primary N) is 1. The van der Waals surface area contributed by atoms with Gasteiger partial charge in [-0.15, -0.1) is 0 Å². The predicted molar refractivity (Wildman–Crippen MR) is 91.7 cm³/mol. The summed E-state index contributed by atoms with van der Waals surface area (Å²) in [5, 5.41) is 3.10. The zero-order valence-electron chi connectivity index (χ0n) is 12.6. The molecule has 116 valence electrons. The molecule has 3 aromatic rings. The van der Waals surface area contributed by atoms with Gasteiger partial charge in [-0.1, -0.05) is 36.4 Å². The van der Waals surface area contributed by atoms with Gasteiger partial charge in [-0.3, -0.25) is 9.59 Å². The van der Waals surface area contributed by atoms with Gasteiger partial charge in [0.15, 0.2) is 11.6 Å². The number of carbonyl (C=O) groups excluding carboxylic acids is 2. The zero-order chi connectivity index (χ0) is 16.7. The van der Waals surface area contributed by atoms with E-state index in [1.165, 1.54) is 6.20 Å². The Morgan fingerprint density at radius 1 is 0.792 bits per heavy atom. The van der Waals surface area contributed by atoms with Crippen molar-refractivity contribution in [1.82, 2.24) is 4.98 Å².